The molecule has 1 aromatic carbocycles. The van der Waals surface area contributed by atoms with E-state index in [1.54, 1.807) is 4.90 Å². The van der Waals surface area contributed by atoms with Gasteiger partial charge in [-0.05, 0) is 36.1 Å². The van der Waals surface area contributed by atoms with Crippen LogP contribution in [-0.2, 0) is 17.5 Å². The Balaban J connectivity index is 1.20. The third-order valence-electron chi connectivity index (χ3n) is 5.72. The molecule has 1 aromatic heterocycles. The molecule has 35 heavy (non-hydrogen) atoms. The lowest BCUT2D eigenvalue weighted by atomic mass is 10.1. The Morgan fingerprint density at radius 1 is 1.26 bits per heavy atom. The van der Waals surface area contributed by atoms with Crippen molar-refractivity contribution in [3.63, 3.8) is 0 Å². The molecule has 3 heterocycles. The molecule has 1 atom stereocenters. The van der Waals surface area contributed by atoms with Crippen molar-refractivity contribution in [2.75, 3.05) is 39.3 Å². The highest BCUT2D eigenvalue weighted by Crippen LogP contribution is 2.33. The second-order valence-electron chi connectivity index (χ2n) is 8.49. The van der Waals surface area contributed by atoms with E-state index >= 15 is 0 Å². The Morgan fingerprint density at radius 2 is 1.94 bits per heavy atom. The third-order valence-corrected chi connectivity index (χ3v) is 5.72. The quantitative estimate of drug-likeness (QED) is 0.367. The van der Waals surface area contributed by atoms with Crippen LogP contribution in [0.4, 0.5) is 23.8 Å². The summed E-state index contributed by atoms with van der Waals surface area (Å²) >= 11 is 0. The zero-order valence-electron chi connectivity index (χ0n) is 18.7. The number of nitrogens with zero attached hydrogens (tertiary/aromatic N) is 5. The van der Waals surface area contributed by atoms with Gasteiger partial charge in [0.05, 0.1) is 5.56 Å². The Labute approximate surface area is 198 Å². The number of rotatable bonds is 4. The van der Waals surface area contributed by atoms with Crippen LogP contribution in [0.25, 0.3) is 0 Å². The summed E-state index contributed by atoms with van der Waals surface area (Å²) in [5.41, 5.74) is -1.04. The summed E-state index contributed by atoms with van der Waals surface area (Å²) in [4.78, 5) is 30.5. The van der Waals surface area contributed by atoms with Gasteiger partial charge in [-0.1, -0.05) is 11.8 Å². The summed E-state index contributed by atoms with van der Waals surface area (Å²) in [6, 6.07) is 4.63. The molecular formula is C22H22F3N5O5. The van der Waals surface area contributed by atoms with Crippen molar-refractivity contribution in [3.05, 3.63) is 51.7 Å². The highest BCUT2D eigenvalue weighted by molar-refractivity contribution is 5.68. The average molecular weight is 493 g/mol. The maximum atomic E-state index is 12.6. The van der Waals surface area contributed by atoms with E-state index in [2.05, 4.69) is 21.7 Å². The fourth-order valence-electron chi connectivity index (χ4n) is 4.03. The topological polar surface area (TPSA) is 103 Å². The molecule has 2 aromatic rings. The minimum Gasteiger partial charge on any atom is -0.436 e. The van der Waals surface area contributed by atoms with Crippen LogP contribution in [0.2, 0.25) is 0 Å². The normalized spacial score (nSPS) is 19.9. The van der Waals surface area contributed by atoms with Crippen molar-refractivity contribution in [2.24, 2.45) is 0 Å². The number of amides is 1. The van der Waals surface area contributed by atoms with E-state index in [0.29, 0.717) is 44.8 Å². The van der Waals surface area contributed by atoms with Crippen molar-refractivity contribution < 1.29 is 32.4 Å². The number of halogens is 3. The summed E-state index contributed by atoms with van der Waals surface area (Å²) in [6.07, 6.45) is -3.75. The number of carbonyl (C=O) groups excluding carboxylic acids is 1. The van der Waals surface area contributed by atoms with Crippen molar-refractivity contribution in [2.45, 2.75) is 25.2 Å². The van der Waals surface area contributed by atoms with Gasteiger partial charge < -0.3 is 24.5 Å². The Bertz CT molecular complexity index is 1160. The number of piperazine rings is 1. The monoisotopic (exact) mass is 493 g/mol. The van der Waals surface area contributed by atoms with Gasteiger partial charge in [0.1, 0.15) is 12.7 Å². The number of carbonyl (C=O) groups is 1. The molecule has 2 aliphatic rings. The maximum Gasteiger partial charge on any atom is 0.416 e. The smallest absolute Gasteiger partial charge is 0.416 e. The van der Waals surface area contributed by atoms with Gasteiger partial charge in [-0.15, -0.1) is 0 Å². The Kier molecular flexibility index (Phi) is 6.58. The predicted octanol–water partition coefficient (Wildman–Crippen LogP) is 2.77. The number of aromatic nitrogens is 2. The first-order valence-electron chi connectivity index (χ1n) is 10.7. The molecule has 1 fully saturated rings. The van der Waals surface area contributed by atoms with Crippen LogP contribution in [0.3, 0.4) is 0 Å². The predicted molar refractivity (Wildman–Crippen MR) is 116 cm³/mol. The van der Waals surface area contributed by atoms with Gasteiger partial charge in [-0.2, -0.15) is 22.7 Å². The van der Waals surface area contributed by atoms with Gasteiger partial charge in [0.15, 0.2) is 12.2 Å². The fourth-order valence-corrected chi connectivity index (χ4v) is 4.03. The first-order chi connectivity index (χ1) is 16.5. The lowest BCUT2D eigenvalue weighted by Gasteiger charge is -2.37. The number of ether oxygens (including phenoxy) is 2. The number of nitro groups is 1. The second-order valence-corrected chi connectivity index (χ2v) is 8.49. The van der Waals surface area contributed by atoms with E-state index < -0.39 is 28.4 Å². The zero-order chi connectivity index (χ0) is 25.2. The van der Waals surface area contributed by atoms with E-state index in [-0.39, 0.29) is 18.4 Å². The average Bonchev–Trinajstić information content (AvgIpc) is 3.33. The van der Waals surface area contributed by atoms with Crippen molar-refractivity contribution >= 4 is 11.9 Å². The molecule has 13 heteroatoms. The molecule has 0 bridgehead atoms. The van der Waals surface area contributed by atoms with Gasteiger partial charge in [0.25, 0.3) is 0 Å². The summed E-state index contributed by atoms with van der Waals surface area (Å²) in [7, 11) is 0. The summed E-state index contributed by atoms with van der Waals surface area (Å²) in [5.74, 6) is 5.18. The van der Waals surface area contributed by atoms with Crippen LogP contribution in [0, 0.1) is 22.0 Å². The first kappa shape index (κ1) is 24.3. The van der Waals surface area contributed by atoms with Crippen LogP contribution in [0.5, 0.6) is 6.01 Å². The van der Waals surface area contributed by atoms with E-state index in [4.69, 9.17) is 9.47 Å². The molecule has 1 saturated heterocycles. The third kappa shape index (κ3) is 5.65. The molecule has 2 aliphatic heterocycles. The molecule has 1 amide bonds. The Morgan fingerprint density at radius 3 is 2.57 bits per heavy atom. The van der Waals surface area contributed by atoms with E-state index in [0.717, 1.165) is 12.1 Å². The van der Waals surface area contributed by atoms with Gasteiger partial charge in [-0.25, -0.2) is 4.79 Å². The molecular weight excluding hydrogens is 471 g/mol. The van der Waals surface area contributed by atoms with Gasteiger partial charge in [0.2, 0.25) is 0 Å². The number of alkyl halides is 3. The summed E-state index contributed by atoms with van der Waals surface area (Å²) < 4.78 is 50.2. The summed E-state index contributed by atoms with van der Waals surface area (Å²) in [6.45, 7) is 4.47. The fraction of sp³-hybridized carbons (Fsp3) is 0.455. The first-order valence-corrected chi connectivity index (χ1v) is 10.7. The zero-order valence-corrected chi connectivity index (χ0v) is 18.7. The maximum absolute atomic E-state index is 12.6. The minimum atomic E-state index is -4.41. The molecule has 0 saturated carbocycles. The number of hydrogen-bond acceptors (Lipinski definition) is 7. The van der Waals surface area contributed by atoms with Crippen LogP contribution in [-0.4, -0.2) is 75.3 Å². The van der Waals surface area contributed by atoms with Crippen LogP contribution >= 0.6 is 0 Å². The van der Waals surface area contributed by atoms with Crippen molar-refractivity contribution in [1.82, 2.24) is 19.4 Å². The molecule has 0 radical (unpaired) electrons. The number of imidazole rings is 1. The second kappa shape index (κ2) is 9.46. The highest BCUT2D eigenvalue weighted by Gasteiger charge is 2.44. The van der Waals surface area contributed by atoms with Crippen molar-refractivity contribution in [1.29, 1.82) is 0 Å². The van der Waals surface area contributed by atoms with Gasteiger partial charge in [0, 0.05) is 38.3 Å². The van der Waals surface area contributed by atoms with E-state index in [1.807, 2.05) is 6.92 Å². The standard InChI is InChI=1S/C22H22F3N5O5/c1-21(15-29-18(30(32)33)13-26-19(29)35-21)14-27-8-10-28(11-9-27)20(31)34-12-2-3-16-4-6-17(7-5-16)22(23,24)25/h4-7,13H,8-12,14-15H2,1H3. The van der Waals surface area contributed by atoms with E-state index in [1.165, 1.54) is 22.9 Å². The van der Waals surface area contributed by atoms with Crippen LogP contribution in [0.15, 0.2) is 30.5 Å². The molecule has 186 valence electrons. The summed E-state index contributed by atoms with van der Waals surface area (Å²) in [5, 5.41) is 11.1. The molecule has 0 N–H and O–H groups in total. The van der Waals surface area contributed by atoms with Crippen molar-refractivity contribution in [3.8, 4) is 17.9 Å². The SMILES string of the molecule is CC1(CN2CCN(C(=O)OCC#Cc3ccc(C(F)(F)F)cc3)CC2)Cn2c([N+](=O)[O-])cnc2O1. The molecule has 4 rings (SSSR count). The van der Waals surface area contributed by atoms with Gasteiger partial charge >= 0.3 is 24.1 Å². The largest absolute Gasteiger partial charge is 0.436 e. The number of fused-ring (bicyclic) bond motifs is 1. The lowest BCUT2D eigenvalue weighted by molar-refractivity contribution is -0.392. The number of benzene rings is 1. The van der Waals surface area contributed by atoms with Crippen LogP contribution in [0.1, 0.15) is 18.1 Å². The molecule has 0 aliphatic carbocycles. The molecule has 0 spiro atoms. The van der Waals surface area contributed by atoms with Gasteiger partial charge in [-0.3, -0.25) is 4.90 Å². The van der Waals surface area contributed by atoms with Crippen LogP contribution < -0.4 is 4.74 Å². The minimum absolute atomic E-state index is 0.113. The van der Waals surface area contributed by atoms with E-state index in [9.17, 15) is 28.1 Å². The molecule has 10 nitrogen and oxygen atoms in total. The lowest BCUT2D eigenvalue weighted by Crippen LogP contribution is -2.54. The molecule has 1 unspecified atom stereocenters. The highest BCUT2D eigenvalue weighted by atomic mass is 19.4. The number of hydrogen-bond donors (Lipinski definition) is 0. The Hall–Kier alpha value is -3.79.